The maximum atomic E-state index is 12.7. The van der Waals surface area contributed by atoms with Crippen LogP contribution < -0.4 is 11.3 Å². The summed E-state index contributed by atoms with van der Waals surface area (Å²) in [5.41, 5.74) is 2.07. The van der Waals surface area contributed by atoms with Crippen molar-refractivity contribution in [2.24, 2.45) is 5.84 Å². The molecule has 2 rings (SSSR count). The number of nitrogens with one attached hydrogen (secondary N) is 1. The average Bonchev–Trinajstić information content (AvgIpc) is 2.41. The Hall–Kier alpha value is -1.22. The number of anilines is 1. The number of alkyl halides is 3. The number of rotatable bonds is 3. The lowest BCUT2D eigenvalue weighted by Crippen LogP contribution is -2.16. The Morgan fingerprint density at radius 1 is 1.14 bits per heavy atom. The summed E-state index contributed by atoms with van der Waals surface area (Å²) in [6, 6.07) is 5.92. The number of hydrogen-bond donors (Lipinski definition) is 2. The third-order valence-electron chi connectivity index (χ3n) is 2.21. The summed E-state index contributed by atoms with van der Waals surface area (Å²) in [6.45, 7) is 0. The Labute approximate surface area is 131 Å². The minimum Gasteiger partial charge on any atom is -0.308 e. The molecule has 1 aromatic heterocycles. The molecule has 0 amide bonds. The summed E-state index contributed by atoms with van der Waals surface area (Å²) in [5, 5.41) is 0.789. The van der Waals surface area contributed by atoms with E-state index in [-0.39, 0.29) is 10.8 Å². The van der Waals surface area contributed by atoms with E-state index in [9.17, 15) is 13.2 Å². The molecular formula is C11H7Cl2F3N4S. The quantitative estimate of drug-likeness (QED) is 0.490. The number of hydrazine groups is 1. The predicted octanol–water partition coefficient (Wildman–Crippen LogP) is 4.24. The summed E-state index contributed by atoms with van der Waals surface area (Å²) in [7, 11) is 0. The van der Waals surface area contributed by atoms with Gasteiger partial charge >= 0.3 is 6.18 Å². The van der Waals surface area contributed by atoms with Gasteiger partial charge in [-0.05, 0) is 18.2 Å². The van der Waals surface area contributed by atoms with Gasteiger partial charge in [0.1, 0.15) is 10.8 Å². The van der Waals surface area contributed by atoms with Gasteiger partial charge in [-0.25, -0.2) is 15.8 Å². The second-order valence-electron chi connectivity index (χ2n) is 3.73. The van der Waals surface area contributed by atoms with Crippen LogP contribution in [0, 0.1) is 0 Å². The molecule has 0 aliphatic rings. The Kier molecular flexibility index (Phi) is 4.82. The Balaban J connectivity index is 2.42. The normalized spacial score (nSPS) is 11.5. The molecule has 0 unspecified atom stereocenters. The van der Waals surface area contributed by atoms with Crippen LogP contribution >= 0.6 is 35.0 Å². The molecule has 0 atom stereocenters. The minimum absolute atomic E-state index is 0.0365. The lowest BCUT2D eigenvalue weighted by atomic mass is 10.4. The SMILES string of the molecule is NNc1cc(Sc2cc(Cl)ccc2Cl)nc(C(F)(F)F)n1. The molecule has 1 aromatic carbocycles. The van der Waals surface area contributed by atoms with Crippen LogP contribution in [0.15, 0.2) is 34.2 Å². The van der Waals surface area contributed by atoms with Gasteiger partial charge in [0, 0.05) is 16.0 Å². The summed E-state index contributed by atoms with van der Waals surface area (Å²) < 4.78 is 38.1. The van der Waals surface area contributed by atoms with Crippen LogP contribution in [0.25, 0.3) is 0 Å². The van der Waals surface area contributed by atoms with E-state index in [4.69, 9.17) is 29.0 Å². The van der Waals surface area contributed by atoms with Gasteiger partial charge in [-0.3, -0.25) is 0 Å². The number of benzene rings is 1. The molecule has 0 fully saturated rings. The van der Waals surface area contributed by atoms with Crippen molar-refractivity contribution in [1.82, 2.24) is 9.97 Å². The molecule has 0 bridgehead atoms. The van der Waals surface area contributed by atoms with Crippen LogP contribution in [0.2, 0.25) is 10.0 Å². The van der Waals surface area contributed by atoms with Crippen molar-refractivity contribution >= 4 is 40.8 Å². The monoisotopic (exact) mass is 354 g/mol. The maximum Gasteiger partial charge on any atom is 0.451 e. The van der Waals surface area contributed by atoms with E-state index in [0.717, 1.165) is 11.8 Å². The highest BCUT2D eigenvalue weighted by molar-refractivity contribution is 7.99. The highest BCUT2D eigenvalue weighted by Gasteiger charge is 2.35. The molecule has 0 aliphatic heterocycles. The predicted molar refractivity (Wildman–Crippen MR) is 75.4 cm³/mol. The zero-order valence-electron chi connectivity index (χ0n) is 10.1. The lowest BCUT2D eigenvalue weighted by Gasteiger charge is -2.10. The van der Waals surface area contributed by atoms with Gasteiger partial charge in [0.05, 0.1) is 5.02 Å². The van der Waals surface area contributed by atoms with E-state index in [1.54, 1.807) is 12.1 Å². The van der Waals surface area contributed by atoms with Crippen LogP contribution in [0.1, 0.15) is 5.82 Å². The summed E-state index contributed by atoms with van der Waals surface area (Å²) >= 11 is 12.7. The molecule has 0 radical (unpaired) electrons. The van der Waals surface area contributed by atoms with E-state index >= 15 is 0 Å². The van der Waals surface area contributed by atoms with E-state index in [2.05, 4.69) is 15.4 Å². The van der Waals surface area contributed by atoms with Crippen molar-refractivity contribution < 1.29 is 13.2 Å². The van der Waals surface area contributed by atoms with E-state index in [0.29, 0.717) is 14.9 Å². The molecule has 0 saturated heterocycles. The van der Waals surface area contributed by atoms with Gasteiger partial charge in [0.15, 0.2) is 0 Å². The van der Waals surface area contributed by atoms with Crippen molar-refractivity contribution in [3.8, 4) is 0 Å². The summed E-state index contributed by atoms with van der Waals surface area (Å²) in [5.74, 6) is 3.67. The first-order chi connectivity index (χ1) is 9.79. The van der Waals surface area contributed by atoms with Crippen LogP contribution in [0.3, 0.4) is 0 Å². The van der Waals surface area contributed by atoms with E-state index in [1.165, 1.54) is 12.1 Å². The zero-order chi connectivity index (χ0) is 15.6. The third kappa shape index (κ3) is 4.13. The van der Waals surface area contributed by atoms with Crippen molar-refractivity contribution in [2.45, 2.75) is 16.1 Å². The topological polar surface area (TPSA) is 63.8 Å². The fourth-order valence-electron chi connectivity index (χ4n) is 1.35. The van der Waals surface area contributed by atoms with Crippen molar-refractivity contribution in [1.29, 1.82) is 0 Å². The van der Waals surface area contributed by atoms with Gasteiger partial charge in [-0.1, -0.05) is 35.0 Å². The fraction of sp³-hybridized carbons (Fsp3) is 0.0909. The number of nitrogen functional groups attached to an aromatic ring is 1. The molecule has 4 nitrogen and oxygen atoms in total. The van der Waals surface area contributed by atoms with E-state index < -0.39 is 12.0 Å². The molecule has 0 aliphatic carbocycles. The number of halogens is 5. The van der Waals surface area contributed by atoms with Crippen LogP contribution in [0.5, 0.6) is 0 Å². The molecule has 0 saturated carbocycles. The second-order valence-corrected chi connectivity index (χ2v) is 5.64. The van der Waals surface area contributed by atoms with E-state index in [1.807, 2.05) is 0 Å². The second kappa shape index (κ2) is 6.27. The number of hydrogen-bond acceptors (Lipinski definition) is 5. The number of nitrogens with zero attached hydrogens (tertiary/aromatic N) is 2. The Bertz CT molecular complexity index is 666. The standard InChI is InChI=1S/C11H7Cl2F3N4S/c12-5-1-2-6(13)7(3-5)21-9-4-8(20-17)18-10(19-9)11(14,15)16/h1-4H,17H2,(H,18,19,20). The first-order valence-electron chi connectivity index (χ1n) is 5.35. The summed E-state index contributed by atoms with van der Waals surface area (Å²) in [6.07, 6.45) is -4.68. The van der Waals surface area contributed by atoms with Gasteiger partial charge in [0.25, 0.3) is 0 Å². The Morgan fingerprint density at radius 2 is 1.86 bits per heavy atom. The molecule has 3 N–H and O–H groups in total. The maximum absolute atomic E-state index is 12.7. The smallest absolute Gasteiger partial charge is 0.308 e. The van der Waals surface area contributed by atoms with Crippen LogP contribution in [-0.2, 0) is 6.18 Å². The molecule has 21 heavy (non-hydrogen) atoms. The molecule has 10 heteroatoms. The van der Waals surface area contributed by atoms with Crippen LogP contribution in [-0.4, -0.2) is 9.97 Å². The molecule has 2 aromatic rings. The zero-order valence-corrected chi connectivity index (χ0v) is 12.4. The van der Waals surface area contributed by atoms with Gasteiger partial charge in [-0.15, -0.1) is 0 Å². The van der Waals surface area contributed by atoms with Gasteiger partial charge < -0.3 is 5.43 Å². The van der Waals surface area contributed by atoms with Crippen molar-refractivity contribution in [2.75, 3.05) is 5.43 Å². The first-order valence-corrected chi connectivity index (χ1v) is 6.92. The number of aromatic nitrogens is 2. The first kappa shape index (κ1) is 16.2. The highest BCUT2D eigenvalue weighted by Crippen LogP contribution is 2.36. The third-order valence-corrected chi connectivity index (χ3v) is 3.86. The molecule has 112 valence electrons. The van der Waals surface area contributed by atoms with Crippen LogP contribution in [0.4, 0.5) is 19.0 Å². The number of nitrogens with two attached hydrogens (primary N) is 1. The molecule has 0 spiro atoms. The van der Waals surface area contributed by atoms with Gasteiger partial charge in [-0.2, -0.15) is 13.2 Å². The average molecular weight is 355 g/mol. The fourth-order valence-corrected chi connectivity index (χ4v) is 2.70. The largest absolute Gasteiger partial charge is 0.451 e. The lowest BCUT2D eigenvalue weighted by molar-refractivity contribution is -0.145. The minimum atomic E-state index is -4.68. The molecular weight excluding hydrogens is 348 g/mol. The summed E-state index contributed by atoms with van der Waals surface area (Å²) in [4.78, 5) is 7.18. The molecule has 1 heterocycles. The van der Waals surface area contributed by atoms with Crippen molar-refractivity contribution in [3.63, 3.8) is 0 Å². The van der Waals surface area contributed by atoms with Gasteiger partial charge in [0.2, 0.25) is 5.82 Å². The van der Waals surface area contributed by atoms with Crippen molar-refractivity contribution in [3.05, 3.63) is 40.1 Å². The highest BCUT2D eigenvalue weighted by atomic mass is 35.5. The Morgan fingerprint density at radius 3 is 2.48 bits per heavy atom.